The molecule has 0 radical (unpaired) electrons. The molecular formula is C20H27N3O. The molecule has 0 unspecified atom stereocenters. The van der Waals surface area contributed by atoms with E-state index in [0.717, 1.165) is 19.4 Å². The summed E-state index contributed by atoms with van der Waals surface area (Å²) in [7, 11) is 2.20. The number of hydrogen-bond donors (Lipinski definition) is 2. The van der Waals surface area contributed by atoms with E-state index >= 15 is 0 Å². The predicted octanol–water partition coefficient (Wildman–Crippen LogP) is 3.04. The minimum Gasteiger partial charge on any atom is -0.361 e. The van der Waals surface area contributed by atoms with Gasteiger partial charge in [0.1, 0.15) is 0 Å². The number of likely N-dealkylation sites (N-methyl/N-ethyl adjacent to an activating group) is 1. The Bertz CT molecular complexity index is 786. The summed E-state index contributed by atoms with van der Waals surface area (Å²) in [5.74, 6) is 0.636. The Labute approximate surface area is 143 Å². The number of H-pyrrole nitrogens is 1. The van der Waals surface area contributed by atoms with Gasteiger partial charge < -0.3 is 15.2 Å². The lowest BCUT2D eigenvalue weighted by atomic mass is 9.74. The van der Waals surface area contributed by atoms with Crippen molar-refractivity contribution in [2.75, 3.05) is 13.6 Å². The topological polar surface area (TPSA) is 48.1 Å². The fourth-order valence-electron chi connectivity index (χ4n) is 4.45. The van der Waals surface area contributed by atoms with Gasteiger partial charge in [-0.05, 0) is 37.1 Å². The summed E-state index contributed by atoms with van der Waals surface area (Å²) in [5, 5.41) is 4.70. The molecule has 2 aromatic rings. The highest BCUT2D eigenvalue weighted by Gasteiger charge is 2.40. The molecule has 1 saturated heterocycles. The monoisotopic (exact) mass is 325 g/mol. The molecule has 1 aromatic carbocycles. The number of fused-ring (bicyclic) bond motifs is 2. The molecule has 0 spiro atoms. The number of aromatic amines is 1. The van der Waals surface area contributed by atoms with E-state index in [2.05, 4.69) is 46.6 Å². The molecule has 24 heavy (non-hydrogen) atoms. The largest absolute Gasteiger partial charge is 0.361 e. The maximum Gasteiger partial charge on any atom is 0.225 e. The average molecular weight is 325 g/mol. The van der Waals surface area contributed by atoms with Gasteiger partial charge in [0.05, 0.1) is 0 Å². The highest BCUT2D eigenvalue weighted by Crippen LogP contribution is 2.43. The van der Waals surface area contributed by atoms with Crippen molar-refractivity contribution in [3.8, 4) is 0 Å². The molecule has 1 aliphatic heterocycles. The summed E-state index contributed by atoms with van der Waals surface area (Å²) < 4.78 is 0. The lowest BCUT2D eigenvalue weighted by Gasteiger charge is -2.46. The minimum atomic E-state index is -0.337. The molecule has 3 atom stereocenters. The third kappa shape index (κ3) is 2.44. The molecule has 4 rings (SSSR count). The summed E-state index contributed by atoms with van der Waals surface area (Å²) in [6, 6.07) is 7.34. The Hall–Kier alpha value is -1.81. The second-order valence-electron chi connectivity index (χ2n) is 8.56. The van der Waals surface area contributed by atoms with Crippen molar-refractivity contribution in [1.29, 1.82) is 0 Å². The number of amides is 1. The van der Waals surface area contributed by atoms with E-state index in [9.17, 15) is 4.79 Å². The van der Waals surface area contributed by atoms with Crippen LogP contribution in [0.4, 0.5) is 0 Å². The smallest absolute Gasteiger partial charge is 0.225 e. The third-order valence-electron chi connectivity index (χ3n) is 5.74. The fourth-order valence-corrected chi connectivity index (χ4v) is 4.45. The Morgan fingerprint density at radius 1 is 1.33 bits per heavy atom. The molecule has 1 amide bonds. The van der Waals surface area contributed by atoms with Crippen LogP contribution >= 0.6 is 0 Å². The van der Waals surface area contributed by atoms with Gasteiger partial charge in [-0.25, -0.2) is 0 Å². The lowest BCUT2D eigenvalue weighted by molar-refractivity contribution is -0.129. The van der Waals surface area contributed by atoms with E-state index in [-0.39, 0.29) is 17.4 Å². The van der Waals surface area contributed by atoms with Gasteiger partial charge in [-0.1, -0.05) is 32.9 Å². The summed E-state index contributed by atoms with van der Waals surface area (Å²) in [6.07, 6.45) is 4.30. The maximum atomic E-state index is 12.4. The third-order valence-corrected chi connectivity index (χ3v) is 5.74. The summed E-state index contributed by atoms with van der Waals surface area (Å²) in [4.78, 5) is 18.3. The van der Waals surface area contributed by atoms with Crippen molar-refractivity contribution in [1.82, 2.24) is 15.2 Å². The number of piperidine rings is 1. The van der Waals surface area contributed by atoms with Crippen molar-refractivity contribution >= 4 is 16.8 Å². The van der Waals surface area contributed by atoms with Crippen LogP contribution < -0.4 is 5.32 Å². The molecule has 128 valence electrons. The SMILES string of the molecule is CN1C[C@@H](NC(=O)C(C)(C)C)C[C@@H]2c3cccc4[nH]cc(c34)C[C@H]21. The van der Waals surface area contributed by atoms with Crippen molar-refractivity contribution in [2.45, 2.75) is 51.6 Å². The molecule has 1 aromatic heterocycles. The Kier molecular flexibility index (Phi) is 3.50. The zero-order valence-electron chi connectivity index (χ0n) is 15.0. The van der Waals surface area contributed by atoms with E-state index in [1.165, 1.54) is 22.0 Å². The van der Waals surface area contributed by atoms with Crippen LogP contribution in [0.1, 0.15) is 44.2 Å². The van der Waals surface area contributed by atoms with Crippen molar-refractivity contribution < 1.29 is 4.79 Å². The molecule has 4 nitrogen and oxygen atoms in total. The molecule has 4 heteroatoms. The van der Waals surface area contributed by atoms with Crippen LogP contribution in [0.15, 0.2) is 24.4 Å². The first-order valence-electron chi connectivity index (χ1n) is 8.94. The highest BCUT2D eigenvalue weighted by atomic mass is 16.2. The number of benzene rings is 1. The number of carbonyl (C=O) groups is 1. The normalized spacial score (nSPS) is 27.1. The number of hydrogen-bond acceptors (Lipinski definition) is 2. The van der Waals surface area contributed by atoms with Crippen LogP contribution in [0.2, 0.25) is 0 Å². The minimum absolute atomic E-state index is 0.149. The first kappa shape index (κ1) is 15.7. The average Bonchev–Trinajstić information content (AvgIpc) is 2.92. The van der Waals surface area contributed by atoms with Crippen LogP contribution in [0.25, 0.3) is 10.9 Å². The number of nitrogens with one attached hydrogen (secondary N) is 2. The Morgan fingerprint density at radius 2 is 2.12 bits per heavy atom. The van der Waals surface area contributed by atoms with E-state index in [1.807, 2.05) is 20.8 Å². The number of likely N-dealkylation sites (tertiary alicyclic amines) is 1. The standard InChI is InChI=1S/C20H27N3O/c1-20(2,3)19(24)22-13-9-15-14-6-5-7-16-18(14)12(10-21-16)8-17(15)23(4)11-13/h5-7,10,13,15,17,21H,8-9,11H2,1-4H3,(H,22,24)/t13-,15+,17+/m0/s1. The zero-order chi connectivity index (χ0) is 17.1. The molecule has 0 saturated carbocycles. The summed E-state index contributed by atoms with van der Waals surface area (Å²) in [5.41, 5.74) is 3.78. The van der Waals surface area contributed by atoms with Gasteiger partial charge in [-0.2, -0.15) is 0 Å². The Morgan fingerprint density at radius 3 is 2.88 bits per heavy atom. The number of carbonyl (C=O) groups excluding carboxylic acids is 1. The molecule has 2 aliphatic rings. The van der Waals surface area contributed by atoms with Gasteiger partial charge in [0.25, 0.3) is 0 Å². The van der Waals surface area contributed by atoms with Crippen molar-refractivity contribution in [3.05, 3.63) is 35.5 Å². The maximum absolute atomic E-state index is 12.4. The van der Waals surface area contributed by atoms with Gasteiger partial charge in [-0.3, -0.25) is 4.79 Å². The van der Waals surface area contributed by atoms with Gasteiger partial charge >= 0.3 is 0 Å². The van der Waals surface area contributed by atoms with E-state index in [0.29, 0.717) is 12.0 Å². The quantitative estimate of drug-likeness (QED) is 0.846. The first-order chi connectivity index (χ1) is 11.3. The van der Waals surface area contributed by atoms with Crippen LogP contribution in [-0.4, -0.2) is 41.5 Å². The van der Waals surface area contributed by atoms with Crippen LogP contribution in [0, 0.1) is 5.41 Å². The number of aromatic nitrogens is 1. The van der Waals surface area contributed by atoms with Gasteiger partial charge in [0, 0.05) is 47.1 Å². The second kappa shape index (κ2) is 5.35. The summed E-state index contributed by atoms with van der Waals surface area (Å²) in [6.45, 7) is 6.86. The van der Waals surface area contributed by atoms with E-state index in [4.69, 9.17) is 0 Å². The van der Waals surface area contributed by atoms with Crippen LogP contribution in [-0.2, 0) is 11.2 Å². The van der Waals surface area contributed by atoms with E-state index < -0.39 is 0 Å². The predicted molar refractivity (Wildman–Crippen MR) is 97.2 cm³/mol. The van der Waals surface area contributed by atoms with Crippen molar-refractivity contribution in [3.63, 3.8) is 0 Å². The molecule has 0 bridgehead atoms. The molecule has 1 aliphatic carbocycles. The van der Waals surface area contributed by atoms with Gasteiger partial charge in [0.2, 0.25) is 5.91 Å². The molecule has 2 heterocycles. The van der Waals surface area contributed by atoms with Crippen LogP contribution in [0.5, 0.6) is 0 Å². The molecule has 2 N–H and O–H groups in total. The van der Waals surface area contributed by atoms with Gasteiger partial charge in [0.15, 0.2) is 0 Å². The number of rotatable bonds is 1. The lowest BCUT2D eigenvalue weighted by Crippen LogP contribution is -2.56. The Balaban J connectivity index is 1.65. The summed E-state index contributed by atoms with van der Waals surface area (Å²) >= 11 is 0. The van der Waals surface area contributed by atoms with Gasteiger partial charge in [-0.15, -0.1) is 0 Å². The zero-order valence-corrected chi connectivity index (χ0v) is 15.0. The molecular weight excluding hydrogens is 298 g/mol. The van der Waals surface area contributed by atoms with Crippen LogP contribution in [0.3, 0.4) is 0 Å². The fraction of sp³-hybridized carbons (Fsp3) is 0.550. The highest BCUT2D eigenvalue weighted by molar-refractivity contribution is 5.88. The van der Waals surface area contributed by atoms with Crippen molar-refractivity contribution in [2.24, 2.45) is 5.41 Å². The second-order valence-corrected chi connectivity index (χ2v) is 8.56. The van der Waals surface area contributed by atoms with E-state index in [1.54, 1.807) is 0 Å². The first-order valence-corrected chi connectivity index (χ1v) is 8.94. The molecule has 1 fully saturated rings. The number of nitrogens with zero attached hydrogens (tertiary/aromatic N) is 1.